The van der Waals surface area contributed by atoms with Crippen LogP contribution in [0.1, 0.15) is 25.3 Å². The summed E-state index contributed by atoms with van der Waals surface area (Å²) in [6.45, 7) is 3.95. The second-order valence-electron chi connectivity index (χ2n) is 4.62. The van der Waals surface area contributed by atoms with Gasteiger partial charge in [0.1, 0.15) is 0 Å². The zero-order valence-electron chi connectivity index (χ0n) is 9.86. The van der Waals surface area contributed by atoms with Crippen molar-refractivity contribution in [3.05, 3.63) is 35.9 Å². The Bertz CT molecular complexity index is 341. The van der Waals surface area contributed by atoms with E-state index >= 15 is 0 Å². The Morgan fingerprint density at radius 3 is 2.50 bits per heavy atom. The van der Waals surface area contributed by atoms with Crippen molar-refractivity contribution in [1.29, 1.82) is 0 Å². The summed E-state index contributed by atoms with van der Waals surface area (Å²) in [5, 5.41) is 0. The quantitative estimate of drug-likeness (QED) is 0.761. The molecule has 0 radical (unpaired) electrons. The average Bonchev–Trinajstić information content (AvgIpc) is 2.83. The number of benzene rings is 1. The maximum absolute atomic E-state index is 12.1. The van der Waals surface area contributed by atoms with Gasteiger partial charge in [0.2, 0.25) is 5.91 Å². The molecule has 1 aliphatic heterocycles. The molecule has 1 unspecified atom stereocenters. The standard InChI is InChI=1S/C14H19NO/c1-12(11-13-7-3-2-4-8-13)14(16)15-9-5-6-10-15/h2-4,7-8,12H,5-6,9-11H2,1H3. The van der Waals surface area contributed by atoms with Crippen LogP contribution in [0.3, 0.4) is 0 Å². The molecule has 2 heteroatoms. The summed E-state index contributed by atoms with van der Waals surface area (Å²) in [5.74, 6) is 0.432. The van der Waals surface area contributed by atoms with E-state index in [0.29, 0.717) is 5.91 Å². The van der Waals surface area contributed by atoms with E-state index in [1.165, 1.54) is 18.4 Å². The Morgan fingerprint density at radius 1 is 1.25 bits per heavy atom. The molecule has 2 rings (SSSR count). The number of hydrogen-bond donors (Lipinski definition) is 0. The lowest BCUT2D eigenvalue weighted by Gasteiger charge is -2.20. The summed E-state index contributed by atoms with van der Waals surface area (Å²) in [6.07, 6.45) is 3.20. The van der Waals surface area contributed by atoms with Gasteiger partial charge in [-0.25, -0.2) is 0 Å². The van der Waals surface area contributed by atoms with E-state index in [1.54, 1.807) is 0 Å². The zero-order chi connectivity index (χ0) is 11.4. The van der Waals surface area contributed by atoms with Gasteiger partial charge in [-0.15, -0.1) is 0 Å². The van der Waals surface area contributed by atoms with Crippen LogP contribution in [-0.4, -0.2) is 23.9 Å². The maximum atomic E-state index is 12.1. The third-order valence-corrected chi connectivity index (χ3v) is 3.22. The Morgan fingerprint density at radius 2 is 1.88 bits per heavy atom. The van der Waals surface area contributed by atoms with Gasteiger partial charge in [0.15, 0.2) is 0 Å². The monoisotopic (exact) mass is 217 g/mol. The summed E-state index contributed by atoms with van der Waals surface area (Å²) < 4.78 is 0. The fourth-order valence-electron chi connectivity index (χ4n) is 2.30. The van der Waals surface area contributed by atoms with E-state index in [9.17, 15) is 4.79 Å². The van der Waals surface area contributed by atoms with Gasteiger partial charge < -0.3 is 4.90 Å². The van der Waals surface area contributed by atoms with Gasteiger partial charge in [0, 0.05) is 19.0 Å². The molecule has 0 spiro atoms. The van der Waals surface area contributed by atoms with Crippen LogP contribution in [0.25, 0.3) is 0 Å². The molecule has 2 nitrogen and oxygen atoms in total. The zero-order valence-corrected chi connectivity index (χ0v) is 9.86. The SMILES string of the molecule is CC(Cc1ccccc1)C(=O)N1CCCC1. The predicted molar refractivity (Wildman–Crippen MR) is 65.1 cm³/mol. The normalized spacial score (nSPS) is 17.4. The first kappa shape index (κ1) is 11.2. The molecule has 86 valence electrons. The van der Waals surface area contributed by atoms with E-state index in [-0.39, 0.29) is 5.92 Å². The van der Waals surface area contributed by atoms with Crippen molar-refractivity contribution in [3.8, 4) is 0 Å². The number of likely N-dealkylation sites (tertiary alicyclic amines) is 1. The molecule has 0 saturated carbocycles. The number of amides is 1. The van der Waals surface area contributed by atoms with Crippen LogP contribution in [0.15, 0.2) is 30.3 Å². The molecule has 0 N–H and O–H groups in total. The topological polar surface area (TPSA) is 20.3 Å². The van der Waals surface area contributed by atoms with Gasteiger partial charge in [-0.05, 0) is 24.8 Å². The number of carbonyl (C=O) groups is 1. The Kier molecular flexibility index (Phi) is 3.60. The molecule has 1 heterocycles. The molecule has 1 atom stereocenters. The number of carbonyl (C=O) groups excluding carboxylic acids is 1. The minimum absolute atomic E-state index is 0.112. The highest BCUT2D eigenvalue weighted by molar-refractivity contribution is 5.79. The molecular formula is C14H19NO. The van der Waals surface area contributed by atoms with E-state index in [4.69, 9.17) is 0 Å². The largest absolute Gasteiger partial charge is 0.342 e. The van der Waals surface area contributed by atoms with Crippen molar-refractivity contribution in [2.45, 2.75) is 26.2 Å². The highest BCUT2D eigenvalue weighted by atomic mass is 16.2. The molecule has 1 aromatic rings. The van der Waals surface area contributed by atoms with Gasteiger partial charge in [0.25, 0.3) is 0 Å². The molecule has 1 saturated heterocycles. The first-order valence-electron chi connectivity index (χ1n) is 6.10. The van der Waals surface area contributed by atoms with Crippen molar-refractivity contribution in [1.82, 2.24) is 4.90 Å². The molecule has 1 fully saturated rings. The van der Waals surface area contributed by atoms with E-state index in [1.807, 2.05) is 30.0 Å². The molecule has 1 aliphatic rings. The summed E-state index contributed by atoms with van der Waals surface area (Å²) >= 11 is 0. The lowest BCUT2D eigenvalue weighted by molar-refractivity contribution is -0.133. The lowest BCUT2D eigenvalue weighted by Crippen LogP contribution is -2.33. The molecular weight excluding hydrogens is 198 g/mol. The Labute approximate surface area is 97.3 Å². The minimum Gasteiger partial charge on any atom is -0.342 e. The third kappa shape index (κ3) is 2.63. The van der Waals surface area contributed by atoms with Gasteiger partial charge in [-0.3, -0.25) is 4.79 Å². The Balaban J connectivity index is 1.92. The van der Waals surface area contributed by atoms with Crippen molar-refractivity contribution in [2.75, 3.05) is 13.1 Å². The van der Waals surface area contributed by atoms with E-state index in [2.05, 4.69) is 12.1 Å². The van der Waals surface area contributed by atoms with Crippen molar-refractivity contribution in [2.24, 2.45) is 5.92 Å². The van der Waals surface area contributed by atoms with Crippen LogP contribution in [-0.2, 0) is 11.2 Å². The minimum atomic E-state index is 0.112. The first-order chi connectivity index (χ1) is 7.77. The summed E-state index contributed by atoms with van der Waals surface area (Å²) in [6, 6.07) is 10.3. The van der Waals surface area contributed by atoms with Crippen LogP contribution in [0, 0.1) is 5.92 Å². The summed E-state index contributed by atoms with van der Waals surface area (Å²) in [4.78, 5) is 14.1. The van der Waals surface area contributed by atoms with Gasteiger partial charge >= 0.3 is 0 Å². The summed E-state index contributed by atoms with van der Waals surface area (Å²) in [5.41, 5.74) is 1.25. The van der Waals surface area contributed by atoms with Crippen molar-refractivity contribution < 1.29 is 4.79 Å². The second kappa shape index (κ2) is 5.15. The number of hydrogen-bond acceptors (Lipinski definition) is 1. The lowest BCUT2D eigenvalue weighted by atomic mass is 10.00. The van der Waals surface area contributed by atoms with Gasteiger partial charge in [0.05, 0.1) is 0 Å². The predicted octanol–water partition coefficient (Wildman–Crippen LogP) is 2.49. The molecule has 0 aromatic heterocycles. The Hall–Kier alpha value is -1.31. The van der Waals surface area contributed by atoms with Gasteiger partial charge in [-0.1, -0.05) is 37.3 Å². The smallest absolute Gasteiger partial charge is 0.225 e. The first-order valence-corrected chi connectivity index (χ1v) is 6.10. The molecule has 0 bridgehead atoms. The third-order valence-electron chi connectivity index (χ3n) is 3.22. The molecule has 0 aliphatic carbocycles. The van der Waals surface area contributed by atoms with Crippen LogP contribution < -0.4 is 0 Å². The number of nitrogens with zero attached hydrogens (tertiary/aromatic N) is 1. The van der Waals surface area contributed by atoms with E-state index < -0.39 is 0 Å². The maximum Gasteiger partial charge on any atom is 0.225 e. The average molecular weight is 217 g/mol. The van der Waals surface area contributed by atoms with E-state index in [0.717, 1.165) is 19.5 Å². The highest BCUT2D eigenvalue weighted by Crippen LogP contribution is 2.15. The molecule has 16 heavy (non-hydrogen) atoms. The number of rotatable bonds is 3. The van der Waals surface area contributed by atoms with Crippen LogP contribution in [0.2, 0.25) is 0 Å². The van der Waals surface area contributed by atoms with Crippen LogP contribution in [0.5, 0.6) is 0 Å². The highest BCUT2D eigenvalue weighted by Gasteiger charge is 2.22. The van der Waals surface area contributed by atoms with Crippen molar-refractivity contribution >= 4 is 5.91 Å². The fraction of sp³-hybridized carbons (Fsp3) is 0.500. The van der Waals surface area contributed by atoms with Crippen LogP contribution in [0.4, 0.5) is 0 Å². The fourth-order valence-corrected chi connectivity index (χ4v) is 2.30. The summed E-state index contributed by atoms with van der Waals surface area (Å²) in [7, 11) is 0. The van der Waals surface area contributed by atoms with Gasteiger partial charge in [-0.2, -0.15) is 0 Å². The molecule has 1 amide bonds. The second-order valence-corrected chi connectivity index (χ2v) is 4.62. The molecule has 1 aromatic carbocycles. The van der Waals surface area contributed by atoms with Crippen LogP contribution >= 0.6 is 0 Å². The van der Waals surface area contributed by atoms with Crippen molar-refractivity contribution in [3.63, 3.8) is 0 Å².